The third-order valence-electron chi connectivity index (χ3n) is 3.96. The summed E-state index contributed by atoms with van der Waals surface area (Å²) in [6, 6.07) is 13.7. The van der Waals surface area contributed by atoms with Crippen LogP contribution in [0, 0.1) is 11.3 Å². The van der Waals surface area contributed by atoms with Crippen molar-refractivity contribution in [3.8, 4) is 6.07 Å². The number of allylic oxidation sites excluding steroid dienone is 1. The largest absolute Gasteiger partial charge is 0.326 e. The monoisotopic (exact) mass is 437 g/mol. The fraction of sp³-hybridized carbons (Fsp3) is 0.0476. The number of benzene rings is 2. The smallest absolute Gasteiger partial charge is 0.233 e. The molecule has 3 rings (SSSR count). The number of thiazole rings is 1. The number of nitriles is 1. The Labute approximate surface area is 177 Å². The van der Waals surface area contributed by atoms with Gasteiger partial charge in [-0.1, -0.05) is 12.1 Å². The molecule has 0 fully saturated rings. The van der Waals surface area contributed by atoms with Crippen LogP contribution in [0.1, 0.15) is 27.9 Å². The molecule has 1 N–H and O–H groups in total. The first-order valence-electron chi connectivity index (χ1n) is 8.60. The summed E-state index contributed by atoms with van der Waals surface area (Å²) in [5, 5.41) is 13.1. The van der Waals surface area contributed by atoms with E-state index in [2.05, 4.69) is 10.3 Å². The molecule has 0 saturated heterocycles. The third kappa shape index (κ3) is 4.68. The van der Waals surface area contributed by atoms with Crippen molar-refractivity contribution in [3.05, 3.63) is 81.1 Å². The third-order valence-corrected chi connectivity index (χ3v) is 6.51. The molecule has 0 saturated carbocycles. The van der Waals surface area contributed by atoms with Gasteiger partial charge < -0.3 is 5.32 Å². The van der Waals surface area contributed by atoms with Gasteiger partial charge in [0.1, 0.15) is 4.91 Å². The number of amides is 1. The summed E-state index contributed by atoms with van der Waals surface area (Å²) in [6.45, 7) is 1.34. The maximum Gasteiger partial charge on any atom is 0.233 e. The molecule has 0 aliphatic carbocycles. The van der Waals surface area contributed by atoms with Crippen molar-refractivity contribution in [3.63, 3.8) is 0 Å². The highest BCUT2D eigenvalue weighted by Gasteiger charge is 2.29. The number of anilines is 1. The number of hydrogen-bond acceptors (Lipinski definition) is 7. The summed E-state index contributed by atoms with van der Waals surface area (Å²) in [5.41, 5.74) is 1.30. The van der Waals surface area contributed by atoms with Crippen LogP contribution in [0.2, 0.25) is 0 Å². The lowest BCUT2D eigenvalue weighted by Crippen LogP contribution is -2.14. The number of ketones is 1. The second-order valence-electron chi connectivity index (χ2n) is 6.12. The topological polar surface area (TPSA) is 117 Å². The highest BCUT2D eigenvalue weighted by atomic mass is 32.2. The molecular weight excluding hydrogens is 422 g/mol. The predicted octanol–water partition coefficient (Wildman–Crippen LogP) is 3.67. The van der Waals surface area contributed by atoms with E-state index in [1.807, 2.05) is 6.07 Å². The van der Waals surface area contributed by atoms with Crippen molar-refractivity contribution >= 4 is 44.6 Å². The Bertz CT molecular complexity index is 1250. The molecule has 0 atom stereocenters. The Morgan fingerprint density at radius 2 is 1.77 bits per heavy atom. The molecule has 0 unspecified atom stereocenters. The van der Waals surface area contributed by atoms with Gasteiger partial charge in [0.25, 0.3) is 0 Å². The zero-order valence-corrected chi connectivity index (χ0v) is 17.3. The van der Waals surface area contributed by atoms with Crippen molar-refractivity contribution in [1.29, 1.82) is 5.26 Å². The van der Waals surface area contributed by atoms with E-state index in [4.69, 9.17) is 5.26 Å². The van der Waals surface area contributed by atoms with Gasteiger partial charge in [0.05, 0.1) is 16.5 Å². The number of carbonyl (C=O) groups is 2. The molecule has 2 aromatic carbocycles. The first-order chi connectivity index (χ1) is 14.3. The van der Waals surface area contributed by atoms with E-state index in [0.29, 0.717) is 16.8 Å². The van der Waals surface area contributed by atoms with Crippen LogP contribution >= 0.6 is 11.3 Å². The fourth-order valence-corrected chi connectivity index (χ4v) is 4.59. The summed E-state index contributed by atoms with van der Waals surface area (Å²) in [5.74, 6) is -1.01. The highest BCUT2D eigenvalue weighted by Crippen LogP contribution is 2.27. The van der Waals surface area contributed by atoms with Crippen LogP contribution in [0.5, 0.6) is 0 Å². The number of nitrogens with zero attached hydrogens (tertiary/aromatic N) is 2. The molecule has 1 heterocycles. The minimum absolute atomic E-state index is 0.0494. The average Bonchev–Trinajstić information content (AvgIpc) is 3.27. The number of rotatable bonds is 6. The van der Waals surface area contributed by atoms with Crippen LogP contribution in [-0.4, -0.2) is 25.1 Å². The van der Waals surface area contributed by atoms with Gasteiger partial charge in [0, 0.05) is 24.2 Å². The molecule has 0 radical (unpaired) electrons. The van der Waals surface area contributed by atoms with Crippen LogP contribution in [0.25, 0.3) is 6.08 Å². The van der Waals surface area contributed by atoms with E-state index in [-0.39, 0.29) is 15.8 Å². The molecule has 7 nitrogen and oxygen atoms in total. The van der Waals surface area contributed by atoms with Crippen LogP contribution in [0.4, 0.5) is 5.69 Å². The molecule has 1 aromatic heterocycles. The SMILES string of the molecule is CC(=O)Nc1ccc(S(=O)(=O)/C(=C\c2ccc(C#N)cc2)C(=O)c2nccs2)cc1. The number of carbonyl (C=O) groups excluding carboxylic acids is 2. The average molecular weight is 438 g/mol. The Kier molecular flexibility index (Phi) is 6.20. The van der Waals surface area contributed by atoms with E-state index in [9.17, 15) is 18.0 Å². The van der Waals surface area contributed by atoms with E-state index in [0.717, 1.165) is 11.3 Å². The van der Waals surface area contributed by atoms with Crippen molar-refractivity contribution in [2.75, 3.05) is 5.32 Å². The maximum atomic E-state index is 13.3. The Balaban J connectivity index is 2.08. The van der Waals surface area contributed by atoms with Gasteiger partial charge >= 0.3 is 0 Å². The quantitative estimate of drug-likeness (QED) is 0.464. The van der Waals surface area contributed by atoms with E-state index < -0.39 is 20.5 Å². The van der Waals surface area contributed by atoms with Crippen molar-refractivity contribution in [2.24, 2.45) is 0 Å². The van der Waals surface area contributed by atoms with Crippen molar-refractivity contribution < 1.29 is 18.0 Å². The lowest BCUT2D eigenvalue weighted by atomic mass is 10.1. The van der Waals surface area contributed by atoms with Gasteiger partial charge in [-0.25, -0.2) is 13.4 Å². The molecule has 3 aromatic rings. The van der Waals surface area contributed by atoms with E-state index >= 15 is 0 Å². The summed E-state index contributed by atoms with van der Waals surface area (Å²) in [4.78, 5) is 27.5. The van der Waals surface area contributed by atoms with Crippen LogP contribution in [-0.2, 0) is 14.6 Å². The standard InChI is InChI=1S/C21H15N3O4S2/c1-14(25)24-17-6-8-18(9-7-17)30(27,28)19(20(26)21-23-10-11-29-21)12-15-2-4-16(13-22)5-3-15/h2-12H,1H3,(H,24,25)/b19-12-. The van der Waals surface area contributed by atoms with Gasteiger partial charge in [-0.2, -0.15) is 5.26 Å². The molecule has 150 valence electrons. The summed E-state index contributed by atoms with van der Waals surface area (Å²) < 4.78 is 26.6. The first-order valence-corrected chi connectivity index (χ1v) is 11.0. The second-order valence-corrected chi connectivity index (χ2v) is 8.93. The molecule has 0 aliphatic heterocycles. The summed E-state index contributed by atoms with van der Waals surface area (Å²) in [7, 11) is -4.18. The van der Waals surface area contributed by atoms with Gasteiger partial charge in [-0.05, 0) is 48.0 Å². The zero-order valence-electron chi connectivity index (χ0n) is 15.7. The zero-order chi connectivity index (χ0) is 21.7. The lowest BCUT2D eigenvalue weighted by molar-refractivity contribution is -0.114. The number of nitrogens with one attached hydrogen (secondary N) is 1. The Morgan fingerprint density at radius 3 is 2.30 bits per heavy atom. The van der Waals surface area contributed by atoms with Crippen molar-refractivity contribution in [1.82, 2.24) is 4.98 Å². The van der Waals surface area contributed by atoms with Crippen molar-refractivity contribution in [2.45, 2.75) is 11.8 Å². The number of Topliss-reactive ketones (excluding diaryl/α,β-unsaturated/α-hetero) is 1. The molecule has 0 spiro atoms. The summed E-state index contributed by atoms with van der Waals surface area (Å²) in [6.07, 6.45) is 2.69. The second kappa shape index (κ2) is 8.82. The van der Waals surface area contributed by atoms with Gasteiger partial charge in [-0.3, -0.25) is 9.59 Å². The van der Waals surface area contributed by atoms with Crippen LogP contribution in [0.15, 0.2) is 69.9 Å². The van der Waals surface area contributed by atoms with Gasteiger partial charge in [0.15, 0.2) is 5.01 Å². The molecule has 0 aliphatic rings. The predicted molar refractivity (Wildman–Crippen MR) is 114 cm³/mol. The van der Waals surface area contributed by atoms with Crippen LogP contribution < -0.4 is 5.32 Å². The molecule has 0 bridgehead atoms. The Morgan fingerprint density at radius 1 is 1.10 bits per heavy atom. The van der Waals surface area contributed by atoms with Gasteiger partial charge in [0.2, 0.25) is 21.5 Å². The molecule has 1 amide bonds. The minimum Gasteiger partial charge on any atom is -0.326 e. The normalized spacial score (nSPS) is 11.5. The maximum absolute atomic E-state index is 13.3. The molecule has 9 heteroatoms. The number of hydrogen-bond donors (Lipinski definition) is 1. The first kappa shape index (κ1) is 21.1. The molecular formula is C21H15N3O4S2. The fourth-order valence-electron chi connectivity index (χ4n) is 2.56. The summed E-state index contributed by atoms with van der Waals surface area (Å²) >= 11 is 1.04. The lowest BCUT2D eigenvalue weighted by Gasteiger charge is -2.09. The van der Waals surface area contributed by atoms with E-state index in [1.54, 1.807) is 17.5 Å². The molecule has 30 heavy (non-hydrogen) atoms. The minimum atomic E-state index is -4.18. The van der Waals surface area contributed by atoms with Gasteiger partial charge in [-0.15, -0.1) is 11.3 Å². The van der Waals surface area contributed by atoms with Crippen LogP contribution in [0.3, 0.4) is 0 Å². The highest BCUT2D eigenvalue weighted by molar-refractivity contribution is 7.96. The number of aromatic nitrogens is 1. The number of sulfone groups is 1. The van der Waals surface area contributed by atoms with E-state index in [1.165, 1.54) is 55.6 Å². The Hall–Kier alpha value is -3.61.